The van der Waals surface area contributed by atoms with E-state index in [-0.39, 0.29) is 5.41 Å². The number of hydrogen-bond acceptors (Lipinski definition) is 2. The number of benzene rings is 1. The molecule has 0 saturated heterocycles. The first-order chi connectivity index (χ1) is 8.59. The number of aliphatic hydroxyl groups excluding tert-OH is 1. The van der Waals surface area contributed by atoms with Crippen LogP contribution in [0.25, 0.3) is 0 Å². The molecular weight excluding hydrogens is 246 g/mol. The lowest BCUT2D eigenvalue weighted by Crippen LogP contribution is -2.40. The lowest BCUT2D eigenvalue weighted by molar-refractivity contribution is -0.00811. The molecule has 0 bridgehead atoms. The molecule has 0 radical (unpaired) electrons. The third-order valence-electron chi connectivity index (χ3n) is 4.46. The van der Waals surface area contributed by atoms with Crippen molar-refractivity contribution >= 4 is 11.6 Å². The third-order valence-corrected chi connectivity index (χ3v) is 4.80. The van der Waals surface area contributed by atoms with Gasteiger partial charge in [0.05, 0.1) is 6.10 Å². The Morgan fingerprint density at radius 2 is 2.00 bits per heavy atom. The number of nitrogens with two attached hydrogens (primary N) is 1. The van der Waals surface area contributed by atoms with Crippen LogP contribution >= 0.6 is 11.6 Å². The molecule has 2 rings (SSSR count). The maximum Gasteiger partial charge on any atom is 0.0872 e. The molecule has 3 heteroatoms. The van der Waals surface area contributed by atoms with Gasteiger partial charge in [0, 0.05) is 17.0 Å². The molecule has 1 aromatic carbocycles. The van der Waals surface area contributed by atoms with E-state index in [2.05, 4.69) is 6.92 Å². The van der Waals surface area contributed by atoms with E-state index in [0.29, 0.717) is 11.6 Å². The fourth-order valence-electron chi connectivity index (χ4n) is 2.95. The van der Waals surface area contributed by atoms with Gasteiger partial charge in [-0.05, 0) is 30.4 Å². The van der Waals surface area contributed by atoms with E-state index in [1.807, 2.05) is 24.3 Å². The van der Waals surface area contributed by atoms with Crippen LogP contribution in [0.4, 0.5) is 0 Å². The topological polar surface area (TPSA) is 46.2 Å². The highest BCUT2D eigenvalue weighted by atomic mass is 35.5. The van der Waals surface area contributed by atoms with Crippen molar-refractivity contribution in [2.45, 2.75) is 38.7 Å². The van der Waals surface area contributed by atoms with Gasteiger partial charge in [-0.2, -0.15) is 0 Å². The Bertz CT molecular complexity index is 399. The molecule has 1 unspecified atom stereocenters. The summed E-state index contributed by atoms with van der Waals surface area (Å²) in [4.78, 5) is 0. The minimum Gasteiger partial charge on any atom is -0.388 e. The van der Waals surface area contributed by atoms with Crippen LogP contribution < -0.4 is 5.73 Å². The highest BCUT2D eigenvalue weighted by molar-refractivity contribution is 6.31. The molecule has 3 N–H and O–H groups in total. The highest BCUT2D eigenvalue weighted by Crippen LogP contribution is 2.47. The molecule has 1 aliphatic rings. The Morgan fingerprint density at radius 1 is 1.39 bits per heavy atom. The summed E-state index contributed by atoms with van der Waals surface area (Å²) in [5, 5.41) is 11.3. The van der Waals surface area contributed by atoms with Crippen LogP contribution in [-0.2, 0) is 0 Å². The summed E-state index contributed by atoms with van der Waals surface area (Å²) in [6, 6.07) is 7.54. The second-order valence-corrected chi connectivity index (χ2v) is 6.08. The van der Waals surface area contributed by atoms with Gasteiger partial charge in [-0.3, -0.25) is 0 Å². The van der Waals surface area contributed by atoms with Gasteiger partial charge in [0.25, 0.3) is 0 Å². The zero-order valence-electron chi connectivity index (χ0n) is 10.9. The molecule has 2 nitrogen and oxygen atoms in total. The SMILES string of the molecule is CC1CCC(CN)(C(O)c2ccccc2Cl)CC1. The summed E-state index contributed by atoms with van der Waals surface area (Å²) in [6.45, 7) is 2.79. The van der Waals surface area contributed by atoms with E-state index < -0.39 is 6.10 Å². The van der Waals surface area contributed by atoms with Gasteiger partial charge >= 0.3 is 0 Å². The standard InChI is InChI=1S/C15H22ClNO/c1-11-6-8-15(10-17,9-7-11)14(18)12-4-2-3-5-13(12)16/h2-5,11,14,18H,6-10,17H2,1H3. The molecule has 1 saturated carbocycles. The van der Waals surface area contributed by atoms with Crippen LogP contribution in [0.5, 0.6) is 0 Å². The van der Waals surface area contributed by atoms with Crippen LogP contribution in [0.1, 0.15) is 44.3 Å². The fraction of sp³-hybridized carbons (Fsp3) is 0.600. The molecule has 0 amide bonds. The first kappa shape index (κ1) is 13.9. The Morgan fingerprint density at radius 3 is 2.56 bits per heavy atom. The maximum absolute atomic E-state index is 10.7. The van der Waals surface area contributed by atoms with Crippen molar-refractivity contribution in [2.75, 3.05) is 6.54 Å². The van der Waals surface area contributed by atoms with Crippen molar-refractivity contribution in [3.05, 3.63) is 34.9 Å². The van der Waals surface area contributed by atoms with Gasteiger partial charge in [-0.1, -0.05) is 49.6 Å². The third kappa shape index (κ3) is 2.56. The van der Waals surface area contributed by atoms with Gasteiger partial charge < -0.3 is 10.8 Å². The second kappa shape index (κ2) is 5.60. The smallest absolute Gasteiger partial charge is 0.0872 e. The molecular formula is C15H22ClNO. The molecule has 1 aromatic rings. The zero-order chi connectivity index (χ0) is 13.2. The van der Waals surface area contributed by atoms with E-state index in [4.69, 9.17) is 17.3 Å². The molecule has 0 spiro atoms. The second-order valence-electron chi connectivity index (χ2n) is 5.67. The van der Waals surface area contributed by atoms with Crippen molar-refractivity contribution < 1.29 is 5.11 Å². The predicted octanol–water partition coefficient (Wildman–Crippen LogP) is 3.53. The summed E-state index contributed by atoms with van der Waals surface area (Å²) in [6.07, 6.45) is 3.69. The van der Waals surface area contributed by atoms with Gasteiger partial charge in [-0.25, -0.2) is 0 Å². The molecule has 0 heterocycles. The minimum absolute atomic E-state index is 0.197. The van der Waals surface area contributed by atoms with Crippen LogP contribution in [0.2, 0.25) is 5.02 Å². The lowest BCUT2D eigenvalue weighted by atomic mass is 9.66. The average molecular weight is 268 g/mol. The monoisotopic (exact) mass is 267 g/mol. The first-order valence-electron chi connectivity index (χ1n) is 6.71. The lowest BCUT2D eigenvalue weighted by Gasteiger charge is -2.42. The van der Waals surface area contributed by atoms with Crippen molar-refractivity contribution in [1.29, 1.82) is 0 Å². The number of hydrogen-bond donors (Lipinski definition) is 2. The summed E-state index contributed by atoms with van der Waals surface area (Å²) in [5.74, 6) is 0.739. The molecule has 1 atom stereocenters. The van der Waals surface area contributed by atoms with Gasteiger partial charge in [0.2, 0.25) is 0 Å². The Kier molecular flexibility index (Phi) is 4.31. The van der Waals surface area contributed by atoms with E-state index in [0.717, 1.165) is 37.2 Å². The van der Waals surface area contributed by atoms with Crippen LogP contribution in [0, 0.1) is 11.3 Å². The first-order valence-corrected chi connectivity index (χ1v) is 7.09. The zero-order valence-corrected chi connectivity index (χ0v) is 11.7. The minimum atomic E-state index is -0.552. The average Bonchev–Trinajstić information content (AvgIpc) is 2.40. The van der Waals surface area contributed by atoms with Crippen molar-refractivity contribution in [2.24, 2.45) is 17.1 Å². The van der Waals surface area contributed by atoms with Gasteiger partial charge in [0.15, 0.2) is 0 Å². The number of halogens is 1. The number of aliphatic hydroxyl groups is 1. The van der Waals surface area contributed by atoms with Gasteiger partial charge in [-0.15, -0.1) is 0 Å². The summed E-state index contributed by atoms with van der Waals surface area (Å²) in [7, 11) is 0. The Hall–Kier alpha value is -0.570. The Labute approximate surface area is 114 Å². The molecule has 0 aromatic heterocycles. The summed E-state index contributed by atoms with van der Waals surface area (Å²) >= 11 is 6.19. The summed E-state index contributed by atoms with van der Waals surface area (Å²) < 4.78 is 0. The van der Waals surface area contributed by atoms with E-state index in [1.165, 1.54) is 0 Å². The number of rotatable bonds is 3. The summed E-state index contributed by atoms with van der Waals surface area (Å²) in [5.41, 5.74) is 6.59. The van der Waals surface area contributed by atoms with E-state index in [9.17, 15) is 5.11 Å². The molecule has 1 aliphatic carbocycles. The largest absolute Gasteiger partial charge is 0.388 e. The predicted molar refractivity (Wildman–Crippen MR) is 75.5 cm³/mol. The Balaban J connectivity index is 2.25. The maximum atomic E-state index is 10.7. The van der Waals surface area contributed by atoms with Gasteiger partial charge in [0.1, 0.15) is 0 Å². The van der Waals surface area contributed by atoms with E-state index >= 15 is 0 Å². The van der Waals surface area contributed by atoms with Crippen LogP contribution in [0.3, 0.4) is 0 Å². The molecule has 100 valence electrons. The van der Waals surface area contributed by atoms with Crippen LogP contribution in [0.15, 0.2) is 24.3 Å². The molecule has 1 fully saturated rings. The molecule has 18 heavy (non-hydrogen) atoms. The van der Waals surface area contributed by atoms with E-state index in [1.54, 1.807) is 0 Å². The van der Waals surface area contributed by atoms with Crippen molar-refractivity contribution in [3.8, 4) is 0 Å². The van der Waals surface area contributed by atoms with Crippen molar-refractivity contribution in [3.63, 3.8) is 0 Å². The fourth-order valence-corrected chi connectivity index (χ4v) is 3.19. The highest BCUT2D eigenvalue weighted by Gasteiger charge is 2.40. The van der Waals surface area contributed by atoms with Crippen LogP contribution in [-0.4, -0.2) is 11.7 Å². The quantitative estimate of drug-likeness (QED) is 0.880. The van der Waals surface area contributed by atoms with Crippen molar-refractivity contribution in [1.82, 2.24) is 0 Å². The normalized spacial score (nSPS) is 30.1. The molecule has 0 aliphatic heterocycles.